The van der Waals surface area contributed by atoms with Crippen LogP contribution < -0.4 is 4.74 Å². The number of rotatable bonds is 8. The van der Waals surface area contributed by atoms with E-state index < -0.39 is 0 Å². The number of aryl methyl sites for hydroxylation is 1. The maximum atomic E-state index is 12.4. The number of carbonyl (C=O) groups is 2. The molecule has 154 valence electrons. The average molecular weight is 395 g/mol. The van der Waals surface area contributed by atoms with Gasteiger partial charge >= 0.3 is 0 Å². The second kappa shape index (κ2) is 9.70. The van der Waals surface area contributed by atoms with Crippen molar-refractivity contribution in [1.82, 2.24) is 4.90 Å². The van der Waals surface area contributed by atoms with Crippen molar-refractivity contribution in [3.63, 3.8) is 0 Å². The van der Waals surface area contributed by atoms with Gasteiger partial charge in [0.1, 0.15) is 5.78 Å². The topological polar surface area (TPSA) is 66.8 Å². The highest BCUT2D eigenvalue weighted by molar-refractivity contribution is 6.08. The van der Waals surface area contributed by atoms with Crippen LogP contribution in [0.25, 0.3) is 0 Å². The molecule has 0 bridgehead atoms. The molecule has 0 atom stereocenters. The van der Waals surface area contributed by atoms with Gasteiger partial charge in [-0.25, -0.2) is 0 Å². The molecule has 5 heteroatoms. The number of phenols is 1. The van der Waals surface area contributed by atoms with Crippen LogP contribution in [-0.4, -0.2) is 41.8 Å². The van der Waals surface area contributed by atoms with Gasteiger partial charge in [0.15, 0.2) is 17.3 Å². The summed E-state index contributed by atoms with van der Waals surface area (Å²) in [4.78, 5) is 27.2. The molecule has 1 aliphatic rings. The zero-order valence-electron chi connectivity index (χ0n) is 17.2. The van der Waals surface area contributed by atoms with Crippen molar-refractivity contribution in [3.8, 4) is 11.5 Å². The number of piperidine rings is 1. The fourth-order valence-electron chi connectivity index (χ4n) is 3.96. The second-order valence-corrected chi connectivity index (χ2v) is 7.94. The van der Waals surface area contributed by atoms with Gasteiger partial charge in [-0.3, -0.25) is 14.5 Å². The number of nitrogens with zero attached hydrogens (tertiary/aromatic N) is 1. The molecule has 0 aromatic heterocycles. The molecule has 2 aromatic rings. The summed E-state index contributed by atoms with van der Waals surface area (Å²) in [5, 5.41) is 9.81. The number of phenolic OH excluding ortho intramolecular Hbond substituents is 1. The first kappa shape index (κ1) is 21.1. The Labute approximate surface area is 172 Å². The van der Waals surface area contributed by atoms with Gasteiger partial charge in [0.2, 0.25) is 0 Å². The second-order valence-electron chi connectivity index (χ2n) is 7.94. The normalized spacial score (nSPS) is 15.2. The third-order valence-corrected chi connectivity index (χ3v) is 5.57. The molecular weight excluding hydrogens is 366 g/mol. The fourth-order valence-corrected chi connectivity index (χ4v) is 3.96. The number of aromatic hydroxyl groups is 1. The minimum atomic E-state index is -0.259. The number of methoxy groups -OCH3 is 1. The highest BCUT2D eigenvalue weighted by atomic mass is 16.5. The summed E-state index contributed by atoms with van der Waals surface area (Å²) in [5.74, 6) is 0.276. The molecule has 1 heterocycles. The molecule has 2 aromatic carbocycles. The van der Waals surface area contributed by atoms with Crippen molar-refractivity contribution in [3.05, 3.63) is 59.2 Å². The molecule has 0 saturated carbocycles. The Morgan fingerprint density at radius 1 is 1.14 bits per heavy atom. The van der Waals surface area contributed by atoms with Gasteiger partial charge < -0.3 is 9.84 Å². The number of hydrogen-bond acceptors (Lipinski definition) is 5. The van der Waals surface area contributed by atoms with Gasteiger partial charge in [-0.2, -0.15) is 0 Å². The molecule has 1 fully saturated rings. The summed E-state index contributed by atoms with van der Waals surface area (Å²) in [7, 11) is 1.45. The van der Waals surface area contributed by atoms with Gasteiger partial charge in [0.25, 0.3) is 0 Å². The van der Waals surface area contributed by atoms with Gasteiger partial charge in [0, 0.05) is 18.5 Å². The van der Waals surface area contributed by atoms with Crippen LogP contribution in [-0.2, 0) is 11.3 Å². The standard InChI is InChI=1S/C24H29NO4/c1-17-4-3-5-19(12-17)16-25-10-8-18(9-11-25)13-21(26)15-22(27)20-6-7-24(29-2)23(28)14-20/h3-7,12,14,18,28H,8-11,13,15-16H2,1-2H3. The highest BCUT2D eigenvalue weighted by Gasteiger charge is 2.23. The lowest BCUT2D eigenvalue weighted by molar-refractivity contribution is -0.119. The molecule has 1 N–H and O–H groups in total. The lowest BCUT2D eigenvalue weighted by atomic mass is 9.89. The van der Waals surface area contributed by atoms with Crippen molar-refractivity contribution in [2.75, 3.05) is 20.2 Å². The summed E-state index contributed by atoms with van der Waals surface area (Å²) >= 11 is 0. The van der Waals surface area contributed by atoms with Crippen LogP contribution in [0, 0.1) is 12.8 Å². The fraction of sp³-hybridized carbons (Fsp3) is 0.417. The molecule has 0 spiro atoms. The zero-order chi connectivity index (χ0) is 20.8. The summed E-state index contributed by atoms with van der Waals surface area (Å²) in [6.07, 6.45) is 2.30. The quantitative estimate of drug-likeness (QED) is 0.537. The minimum absolute atomic E-state index is 0.0255. The van der Waals surface area contributed by atoms with E-state index in [1.807, 2.05) is 0 Å². The average Bonchev–Trinajstić information content (AvgIpc) is 2.69. The Bertz CT molecular complexity index is 869. The molecule has 0 aliphatic carbocycles. The zero-order valence-corrected chi connectivity index (χ0v) is 17.2. The van der Waals surface area contributed by atoms with Gasteiger partial charge in [-0.1, -0.05) is 29.8 Å². The van der Waals surface area contributed by atoms with Gasteiger partial charge in [-0.05, 0) is 62.5 Å². The number of ether oxygens (including phenoxy) is 1. The molecule has 5 nitrogen and oxygen atoms in total. The largest absolute Gasteiger partial charge is 0.504 e. The molecular formula is C24H29NO4. The summed E-state index contributed by atoms with van der Waals surface area (Å²) in [5.41, 5.74) is 2.94. The van der Waals surface area contributed by atoms with E-state index in [4.69, 9.17) is 4.74 Å². The summed E-state index contributed by atoms with van der Waals surface area (Å²) in [6.45, 7) is 5.01. The third-order valence-electron chi connectivity index (χ3n) is 5.57. The predicted octanol–water partition coefficient (Wildman–Crippen LogP) is 4.15. The molecule has 0 amide bonds. The van der Waals surface area contributed by atoms with E-state index in [0.717, 1.165) is 32.5 Å². The van der Waals surface area contributed by atoms with E-state index in [1.54, 1.807) is 6.07 Å². The van der Waals surface area contributed by atoms with Crippen LogP contribution in [0.2, 0.25) is 0 Å². The predicted molar refractivity (Wildman–Crippen MR) is 112 cm³/mol. The Balaban J connectivity index is 1.44. The van der Waals surface area contributed by atoms with Crippen LogP contribution in [0.4, 0.5) is 0 Å². The van der Waals surface area contributed by atoms with Gasteiger partial charge in [0.05, 0.1) is 13.5 Å². The minimum Gasteiger partial charge on any atom is -0.504 e. The Kier molecular flexibility index (Phi) is 7.04. The van der Waals surface area contributed by atoms with E-state index in [9.17, 15) is 14.7 Å². The SMILES string of the molecule is COc1ccc(C(=O)CC(=O)CC2CCN(Cc3cccc(C)c3)CC2)cc1O. The van der Waals surface area contributed by atoms with Crippen LogP contribution in [0.15, 0.2) is 42.5 Å². The van der Waals surface area contributed by atoms with Crippen molar-refractivity contribution in [2.24, 2.45) is 5.92 Å². The number of benzene rings is 2. The van der Waals surface area contributed by atoms with Crippen molar-refractivity contribution in [2.45, 2.75) is 39.2 Å². The number of ketones is 2. The van der Waals surface area contributed by atoms with E-state index in [2.05, 4.69) is 36.1 Å². The van der Waals surface area contributed by atoms with Crippen LogP contribution in [0.5, 0.6) is 11.5 Å². The van der Waals surface area contributed by atoms with E-state index in [-0.39, 0.29) is 23.7 Å². The number of carbonyl (C=O) groups excluding carboxylic acids is 2. The molecule has 0 unspecified atom stereocenters. The first-order valence-corrected chi connectivity index (χ1v) is 10.1. The van der Waals surface area contributed by atoms with Crippen molar-refractivity contribution < 1.29 is 19.4 Å². The number of Topliss-reactive ketones (excluding diaryl/α,β-unsaturated/α-hetero) is 2. The van der Waals surface area contributed by atoms with Crippen LogP contribution in [0.1, 0.15) is 47.2 Å². The first-order chi connectivity index (χ1) is 13.9. The Morgan fingerprint density at radius 3 is 2.55 bits per heavy atom. The molecule has 0 radical (unpaired) electrons. The Morgan fingerprint density at radius 2 is 1.90 bits per heavy atom. The number of likely N-dealkylation sites (tertiary alicyclic amines) is 1. The lowest BCUT2D eigenvalue weighted by Gasteiger charge is -2.31. The van der Waals surface area contributed by atoms with Crippen molar-refractivity contribution in [1.29, 1.82) is 0 Å². The van der Waals surface area contributed by atoms with E-state index in [0.29, 0.717) is 23.7 Å². The molecule has 3 rings (SSSR count). The summed E-state index contributed by atoms with van der Waals surface area (Å²) in [6, 6.07) is 13.1. The smallest absolute Gasteiger partial charge is 0.170 e. The van der Waals surface area contributed by atoms with E-state index in [1.165, 1.54) is 30.4 Å². The van der Waals surface area contributed by atoms with Gasteiger partial charge in [-0.15, -0.1) is 0 Å². The monoisotopic (exact) mass is 395 g/mol. The summed E-state index contributed by atoms with van der Waals surface area (Å²) < 4.78 is 4.98. The van der Waals surface area contributed by atoms with Crippen LogP contribution in [0.3, 0.4) is 0 Å². The van der Waals surface area contributed by atoms with Crippen LogP contribution >= 0.6 is 0 Å². The molecule has 1 saturated heterocycles. The lowest BCUT2D eigenvalue weighted by Crippen LogP contribution is -2.34. The molecule has 1 aliphatic heterocycles. The Hall–Kier alpha value is -2.66. The molecule has 29 heavy (non-hydrogen) atoms. The first-order valence-electron chi connectivity index (χ1n) is 10.1. The highest BCUT2D eigenvalue weighted by Crippen LogP contribution is 2.27. The maximum absolute atomic E-state index is 12.4. The maximum Gasteiger partial charge on any atom is 0.170 e. The third kappa shape index (κ3) is 5.91. The van der Waals surface area contributed by atoms with E-state index >= 15 is 0 Å². The number of hydrogen-bond donors (Lipinski definition) is 1. The van der Waals surface area contributed by atoms with Crippen molar-refractivity contribution >= 4 is 11.6 Å².